The molecule has 2 aliphatic heterocycles. The van der Waals surface area contributed by atoms with E-state index in [4.69, 9.17) is 19.9 Å². The Hall–Kier alpha value is -2.55. The number of Topliss-reactive ketones (excluding diaryl/α,β-unsaturated/α-hetero) is 1. The first-order chi connectivity index (χ1) is 18.1. The zero-order valence-corrected chi connectivity index (χ0v) is 26.2. The molecule has 5 nitrogen and oxygen atoms in total. The van der Waals surface area contributed by atoms with E-state index in [0.29, 0.717) is 17.4 Å². The molecule has 0 N–H and O–H groups in total. The third-order valence-corrected chi connectivity index (χ3v) is 9.15. The van der Waals surface area contributed by atoms with Gasteiger partial charge in [0.15, 0.2) is 5.78 Å². The van der Waals surface area contributed by atoms with Crippen molar-refractivity contribution in [2.24, 2.45) is 0 Å². The van der Waals surface area contributed by atoms with Gasteiger partial charge in [-0.25, -0.2) is 0 Å². The van der Waals surface area contributed by atoms with Crippen LogP contribution in [0.2, 0.25) is 0 Å². The molecule has 0 spiro atoms. The Morgan fingerprint density at radius 1 is 0.769 bits per heavy atom. The molecule has 3 aromatic heterocycles. The summed E-state index contributed by atoms with van der Waals surface area (Å²) < 4.78 is 0. The molecule has 0 aromatic carbocycles. The monoisotopic (exact) mass is 614 g/mol. The van der Waals surface area contributed by atoms with Gasteiger partial charge in [-0.15, -0.1) is 22.1 Å². The van der Waals surface area contributed by atoms with Crippen LogP contribution in [0.1, 0.15) is 133 Å². The summed E-state index contributed by atoms with van der Waals surface area (Å²) in [4.78, 5) is 33.3. The second kappa shape index (κ2) is 11.1. The van der Waals surface area contributed by atoms with Crippen LogP contribution in [0.4, 0.5) is 0 Å². The largest absolute Gasteiger partial charge is 2.00 e. The Morgan fingerprint density at radius 3 is 2.00 bits per heavy atom. The second-order valence-corrected chi connectivity index (χ2v) is 11.5. The van der Waals surface area contributed by atoms with E-state index < -0.39 is 0 Å². The Labute approximate surface area is 246 Å². The molecular formula is C33H40N4OPd. The van der Waals surface area contributed by atoms with Crippen LogP contribution >= 0.6 is 0 Å². The molecule has 0 amide bonds. The quantitative estimate of drug-likeness (QED) is 0.220. The van der Waals surface area contributed by atoms with Gasteiger partial charge < -0.3 is 9.97 Å². The van der Waals surface area contributed by atoms with E-state index in [-0.39, 0.29) is 38.0 Å². The molecule has 5 heterocycles. The predicted octanol–water partition coefficient (Wildman–Crippen LogP) is 7.99. The van der Waals surface area contributed by atoms with Gasteiger partial charge in [0.25, 0.3) is 0 Å². The molecule has 0 aliphatic carbocycles. The van der Waals surface area contributed by atoms with E-state index in [1.807, 2.05) is 13.0 Å². The van der Waals surface area contributed by atoms with E-state index in [0.717, 1.165) is 75.2 Å². The van der Waals surface area contributed by atoms with Crippen LogP contribution < -0.4 is 9.97 Å². The van der Waals surface area contributed by atoms with Crippen molar-refractivity contribution in [1.82, 2.24) is 19.9 Å². The standard InChI is InChI=1S/C33H41N4O.Pd/c1-10-12-24-19(6)27-13-28-20(7)31(22(9)38)30(35-28)15-26-18(5)23(11-2)29(34-26)14-25-16(3)17(4)32(36-25)21(8)33(24)37-27;/h13-15,18-19,23-24H,10-12H2,1-9H3,(H-,34,35,36,37,38);/q-1;+2/p-1/t18-,19+,23?,24?;/m1./s1. The third-order valence-electron chi connectivity index (χ3n) is 9.15. The second-order valence-electron chi connectivity index (χ2n) is 11.5. The van der Waals surface area contributed by atoms with Gasteiger partial charge in [0.2, 0.25) is 0 Å². The van der Waals surface area contributed by atoms with Crippen molar-refractivity contribution in [2.75, 3.05) is 0 Å². The van der Waals surface area contributed by atoms with E-state index in [9.17, 15) is 4.79 Å². The molecule has 6 heteroatoms. The first-order valence-corrected chi connectivity index (χ1v) is 14.2. The Morgan fingerprint density at radius 2 is 1.36 bits per heavy atom. The van der Waals surface area contributed by atoms with Crippen molar-refractivity contribution < 1.29 is 25.2 Å². The summed E-state index contributed by atoms with van der Waals surface area (Å²) in [7, 11) is 0. The fourth-order valence-corrected chi connectivity index (χ4v) is 6.64. The van der Waals surface area contributed by atoms with Crippen molar-refractivity contribution in [3.8, 4) is 0 Å². The molecular weight excluding hydrogens is 575 g/mol. The van der Waals surface area contributed by atoms with Crippen LogP contribution in [-0.2, 0) is 20.4 Å². The van der Waals surface area contributed by atoms with Crippen molar-refractivity contribution in [3.05, 3.63) is 68.8 Å². The number of aryl methyl sites for hydroxylation is 4. The predicted molar refractivity (Wildman–Crippen MR) is 155 cm³/mol. The van der Waals surface area contributed by atoms with E-state index >= 15 is 0 Å². The van der Waals surface area contributed by atoms with Gasteiger partial charge in [-0.2, -0.15) is 0 Å². The minimum absolute atomic E-state index is 0. The molecule has 3 aromatic rings. The maximum Gasteiger partial charge on any atom is 2.00 e. The molecule has 0 fully saturated rings. The first kappa shape index (κ1) is 29.4. The van der Waals surface area contributed by atoms with Crippen LogP contribution in [-0.4, -0.2) is 15.8 Å². The summed E-state index contributed by atoms with van der Waals surface area (Å²) >= 11 is 0. The van der Waals surface area contributed by atoms with Crippen LogP contribution in [0.25, 0.3) is 22.1 Å². The minimum Gasteiger partial charge on any atom is -0.657 e. The smallest absolute Gasteiger partial charge is 0.657 e. The van der Waals surface area contributed by atoms with E-state index in [1.54, 1.807) is 6.92 Å². The first-order valence-electron chi connectivity index (χ1n) is 14.2. The van der Waals surface area contributed by atoms with Gasteiger partial charge in [-0.3, -0.25) is 14.8 Å². The topological polar surface area (TPSA) is 71.1 Å². The van der Waals surface area contributed by atoms with Crippen molar-refractivity contribution >= 4 is 27.9 Å². The molecule has 2 unspecified atom stereocenters. The van der Waals surface area contributed by atoms with Crippen LogP contribution in [0, 0.1) is 27.7 Å². The van der Waals surface area contributed by atoms with E-state index in [1.165, 1.54) is 11.1 Å². The summed E-state index contributed by atoms with van der Waals surface area (Å²) in [6, 6.07) is 6.34. The van der Waals surface area contributed by atoms with Crippen molar-refractivity contribution in [2.45, 2.75) is 105 Å². The van der Waals surface area contributed by atoms with Gasteiger partial charge in [-0.1, -0.05) is 69.0 Å². The summed E-state index contributed by atoms with van der Waals surface area (Å²) in [5.41, 5.74) is 13.0. The molecule has 0 saturated carbocycles. The summed E-state index contributed by atoms with van der Waals surface area (Å²) in [6.07, 6.45) is 3.15. The average molecular weight is 615 g/mol. The molecule has 208 valence electrons. The van der Waals surface area contributed by atoms with Gasteiger partial charge in [0.05, 0.1) is 0 Å². The Kier molecular flexibility index (Phi) is 8.41. The van der Waals surface area contributed by atoms with E-state index in [2.05, 4.69) is 60.6 Å². The number of rotatable bonds is 4. The van der Waals surface area contributed by atoms with Crippen molar-refractivity contribution in [1.29, 1.82) is 0 Å². The zero-order chi connectivity index (χ0) is 27.5. The molecule has 0 saturated heterocycles. The fourth-order valence-electron chi connectivity index (χ4n) is 6.64. The number of hydrogen-bond acceptors (Lipinski definition) is 3. The average Bonchev–Trinajstić information content (AvgIpc) is 3.54. The molecule has 2 aliphatic rings. The number of nitrogens with zero attached hydrogens (tertiary/aromatic N) is 4. The van der Waals surface area contributed by atoms with Crippen molar-refractivity contribution in [3.63, 3.8) is 0 Å². The van der Waals surface area contributed by atoms with Gasteiger partial charge in [-0.05, 0) is 53.0 Å². The SMILES string of the molecule is CCCC1c2nc(cc3[n-]c(cc4nc(cc5[n-]c(c2C)c(C)c5C)C(CC)[C@H]4C)c(C(C)=O)c3C)[C@H]1C.[Pd+2]. The number of aromatic nitrogens is 4. The molecule has 4 atom stereocenters. The Balaban J connectivity index is 0.00000353. The van der Waals surface area contributed by atoms with Gasteiger partial charge >= 0.3 is 20.4 Å². The van der Waals surface area contributed by atoms with Crippen LogP contribution in [0.5, 0.6) is 0 Å². The summed E-state index contributed by atoms with van der Waals surface area (Å²) in [5, 5.41) is 0. The molecule has 5 rings (SSSR count). The molecule has 39 heavy (non-hydrogen) atoms. The number of carbonyl (C=O) groups excluding carboxylic acids is 1. The Bertz CT molecular complexity index is 1590. The summed E-state index contributed by atoms with van der Waals surface area (Å²) in [5.74, 6) is 1.18. The maximum atomic E-state index is 12.8. The molecule has 8 bridgehead atoms. The van der Waals surface area contributed by atoms with Gasteiger partial charge in [0, 0.05) is 52.0 Å². The third kappa shape index (κ3) is 4.85. The summed E-state index contributed by atoms with van der Waals surface area (Å²) in [6.45, 7) is 19.1. The van der Waals surface area contributed by atoms with Gasteiger partial charge in [0.1, 0.15) is 0 Å². The fraction of sp³-hybridized carbons (Fsp3) is 0.485. The number of fused-ring (bicyclic) bond motifs is 8. The van der Waals surface area contributed by atoms with Crippen LogP contribution in [0.3, 0.4) is 0 Å². The number of hydrogen-bond donors (Lipinski definition) is 0. The molecule has 0 radical (unpaired) electrons. The number of ketones is 1. The maximum absolute atomic E-state index is 12.8. The number of carbonyl (C=O) groups is 1. The minimum atomic E-state index is 0. The van der Waals surface area contributed by atoms with Crippen LogP contribution in [0.15, 0.2) is 18.2 Å². The zero-order valence-electron chi connectivity index (χ0n) is 24.7. The normalized spacial score (nSPS) is 20.6.